The molecule has 1 aliphatic rings. The van der Waals surface area contributed by atoms with Crippen molar-refractivity contribution in [2.45, 2.75) is 78.8 Å². The minimum Gasteiger partial charge on any atom is -0.388 e. The molecule has 3 rings (SSSR count). The molecule has 0 saturated carbocycles. The molecule has 0 aromatic heterocycles. The highest BCUT2D eigenvalue weighted by Crippen LogP contribution is 2.27. The number of unbranched alkanes of at least 4 members (excludes halogenated alkanes) is 1. The second-order valence-corrected chi connectivity index (χ2v) is 9.50. The number of quaternary nitrogens is 1. The fraction of sp³-hybridized carbons (Fsp3) is 0.552. The number of benzene rings is 2. The first-order valence-electron chi connectivity index (χ1n) is 12.9. The molecular weight excluding hydrogens is 406 g/mol. The smallest absolute Gasteiger partial charge is 0.177 e. The standard InChI is InChI=1S/C16H24NO.C13H22N2/c1-2-16(14-18)17(11-7-4-8-12-17)13-15-9-5-3-6-10-15;1-5-6-7-15-12-8-10(2)13(14-4)11(3)9-12/h3,5-6,9-10,14,16H,2,4,7-8,11-13H2,1H3;8-9,14-15H,5-7H2,1-4H3/q+1;. The van der Waals surface area contributed by atoms with Gasteiger partial charge in [-0.3, -0.25) is 4.79 Å². The summed E-state index contributed by atoms with van der Waals surface area (Å²) in [6.07, 6.45) is 8.45. The van der Waals surface area contributed by atoms with Crippen molar-refractivity contribution in [2.75, 3.05) is 37.3 Å². The lowest BCUT2D eigenvalue weighted by atomic mass is 10.00. The van der Waals surface area contributed by atoms with E-state index in [0.29, 0.717) is 0 Å². The maximum absolute atomic E-state index is 11.4. The van der Waals surface area contributed by atoms with Crippen molar-refractivity contribution in [2.24, 2.45) is 0 Å². The van der Waals surface area contributed by atoms with Crippen LogP contribution < -0.4 is 10.6 Å². The molecule has 1 heterocycles. The average Bonchev–Trinajstić information content (AvgIpc) is 2.81. The number of piperidine rings is 1. The highest BCUT2D eigenvalue weighted by molar-refractivity contribution is 5.64. The largest absolute Gasteiger partial charge is 0.388 e. The van der Waals surface area contributed by atoms with Crippen LogP contribution in [0.2, 0.25) is 0 Å². The summed E-state index contributed by atoms with van der Waals surface area (Å²) in [5, 5.41) is 6.68. The van der Waals surface area contributed by atoms with Crippen LogP contribution in [0, 0.1) is 13.8 Å². The third-order valence-electron chi connectivity index (χ3n) is 6.97. The summed E-state index contributed by atoms with van der Waals surface area (Å²) >= 11 is 0. The normalized spacial score (nSPS) is 15.7. The van der Waals surface area contributed by atoms with E-state index in [1.807, 2.05) is 7.05 Å². The molecule has 0 spiro atoms. The second-order valence-electron chi connectivity index (χ2n) is 9.50. The number of nitrogens with zero attached hydrogens (tertiary/aromatic N) is 1. The van der Waals surface area contributed by atoms with Crippen molar-refractivity contribution in [3.05, 3.63) is 59.2 Å². The molecule has 4 nitrogen and oxygen atoms in total. The molecular formula is C29H46N3O+. The number of rotatable bonds is 10. The van der Waals surface area contributed by atoms with Crippen LogP contribution in [0.15, 0.2) is 42.5 Å². The van der Waals surface area contributed by atoms with Crippen molar-refractivity contribution < 1.29 is 9.28 Å². The molecule has 0 bridgehead atoms. The summed E-state index contributed by atoms with van der Waals surface area (Å²) in [6.45, 7) is 13.0. The highest BCUT2D eigenvalue weighted by atomic mass is 16.1. The summed E-state index contributed by atoms with van der Waals surface area (Å²) in [5.41, 5.74) is 6.45. The zero-order valence-electron chi connectivity index (χ0n) is 21.6. The number of carbonyl (C=O) groups excluding carboxylic acids is 1. The molecule has 1 atom stereocenters. The van der Waals surface area contributed by atoms with Crippen LogP contribution >= 0.6 is 0 Å². The van der Waals surface area contributed by atoms with Crippen LogP contribution in [-0.4, -0.2) is 43.5 Å². The van der Waals surface area contributed by atoms with Gasteiger partial charge in [0, 0.05) is 37.0 Å². The lowest BCUT2D eigenvalue weighted by molar-refractivity contribution is -0.958. The molecule has 33 heavy (non-hydrogen) atoms. The van der Waals surface area contributed by atoms with E-state index in [-0.39, 0.29) is 6.04 Å². The van der Waals surface area contributed by atoms with Gasteiger partial charge in [-0.15, -0.1) is 0 Å². The van der Waals surface area contributed by atoms with Crippen LogP contribution in [0.1, 0.15) is 69.1 Å². The fourth-order valence-corrected chi connectivity index (χ4v) is 5.18. The van der Waals surface area contributed by atoms with Gasteiger partial charge in [0.25, 0.3) is 0 Å². The van der Waals surface area contributed by atoms with Crippen molar-refractivity contribution in [3.8, 4) is 0 Å². The van der Waals surface area contributed by atoms with Gasteiger partial charge >= 0.3 is 0 Å². The Labute approximate surface area is 202 Å². The van der Waals surface area contributed by atoms with Gasteiger partial charge in [0.2, 0.25) is 0 Å². The van der Waals surface area contributed by atoms with Crippen LogP contribution in [0.4, 0.5) is 11.4 Å². The van der Waals surface area contributed by atoms with Gasteiger partial charge in [-0.05, 0) is 62.8 Å². The minimum atomic E-state index is 0.172. The van der Waals surface area contributed by atoms with E-state index >= 15 is 0 Å². The Morgan fingerprint density at radius 3 is 2.15 bits per heavy atom. The van der Waals surface area contributed by atoms with Crippen LogP contribution in [0.25, 0.3) is 0 Å². The van der Waals surface area contributed by atoms with E-state index in [4.69, 9.17) is 0 Å². The van der Waals surface area contributed by atoms with Crippen molar-refractivity contribution >= 4 is 17.7 Å². The Kier molecular flexibility index (Phi) is 11.5. The summed E-state index contributed by atoms with van der Waals surface area (Å²) < 4.78 is 0.976. The van der Waals surface area contributed by atoms with Crippen LogP contribution in [0.3, 0.4) is 0 Å². The molecule has 0 amide bonds. The van der Waals surface area contributed by atoms with E-state index in [0.717, 1.165) is 37.1 Å². The lowest BCUT2D eigenvalue weighted by Crippen LogP contribution is -2.57. The van der Waals surface area contributed by atoms with Crippen LogP contribution in [-0.2, 0) is 11.3 Å². The zero-order chi connectivity index (χ0) is 24.1. The van der Waals surface area contributed by atoms with E-state index < -0.39 is 0 Å². The Morgan fingerprint density at radius 1 is 1.00 bits per heavy atom. The van der Waals surface area contributed by atoms with Gasteiger partial charge in [-0.2, -0.15) is 0 Å². The predicted octanol–water partition coefficient (Wildman–Crippen LogP) is 6.72. The molecule has 1 fully saturated rings. The number of anilines is 2. The predicted molar refractivity (Wildman–Crippen MR) is 143 cm³/mol. The van der Waals surface area contributed by atoms with Crippen molar-refractivity contribution in [1.29, 1.82) is 0 Å². The molecule has 4 heteroatoms. The minimum absolute atomic E-state index is 0.172. The first kappa shape index (κ1) is 26.9. The van der Waals surface area contributed by atoms with Gasteiger partial charge < -0.3 is 15.1 Å². The Balaban J connectivity index is 0.000000238. The fourth-order valence-electron chi connectivity index (χ4n) is 5.18. The van der Waals surface area contributed by atoms with Gasteiger partial charge in [0.15, 0.2) is 6.29 Å². The molecule has 1 aliphatic heterocycles. The monoisotopic (exact) mass is 452 g/mol. The van der Waals surface area contributed by atoms with E-state index in [9.17, 15) is 4.79 Å². The SMILES string of the molecule is CCC(C=O)[N+]1(Cc2ccccc2)CCCCC1.CCCCNc1cc(C)c(NC)c(C)c1. The van der Waals surface area contributed by atoms with E-state index in [1.165, 1.54) is 66.5 Å². The quantitative estimate of drug-likeness (QED) is 0.239. The topological polar surface area (TPSA) is 41.1 Å². The number of aldehydes is 1. The van der Waals surface area contributed by atoms with E-state index in [1.54, 1.807) is 0 Å². The second kappa shape index (κ2) is 14.0. The molecule has 0 aliphatic carbocycles. The summed E-state index contributed by atoms with van der Waals surface area (Å²) in [4.78, 5) is 11.4. The summed E-state index contributed by atoms with van der Waals surface area (Å²) in [5.74, 6) is 0. The number of carbonyl (C=O) groups is 1. The van der Waals surface area contributed by atoms with E-state index in [2.05, 4.69) is 80.8 Å². The molecule has 2 aromatic rings. The maximum atomic E-state index is 11.4. The number of aryl methyl sites for hydroxylation is 2. The number of hydrogen-bond donors (Lipinski definition) is 2. The van der Waals surface area contributed by atoms with Gasteiger partial charge in [-0.1, -0.05) is 50.6 Å². The first-order valence-corrected chi connectivity index (χ1v) is 12.9. The Bertz CT molecular complexity index is 805. The third kappa shape index (κ3) is 7.89. The number of nitrogens with one attached hydrogen (secondary N) is 2. The van der Waals surface area contributed by atoms with Gasteiger partial charge in [-0.25, -0.2) is 0 Å². The summed E-state index contributed by atoms with van der Waals surface area (Å²) in [7, 11) is 1.97. The van der Waals surface area contributed by atoms with Crippen LogP contribution in [0.5, 0.6) is 0 Å². The first-order chi connectivity index (χ1) is 16.0. The molecule has 182 valence electrons. The Morgan fingerprint density at radius 2 is 1.64 bits per heavy atom. The molecule has 0 radical (unpaired) electrons. The van der Waals surface area contributed by atoms with Crippen molar-refractivity contribution in [3.63, 3.8) is 0 Å². The third-order valence-corrected chi connectivity index (χ3v) is 6.97. The lowest BCUT2D eigenvalue weighted by Gasteiger charge is -2.45. The maximum Gasteiger partial charge on any atom is 0.177 e. The highest BCUT2D eigenvalue weighted by Gasteiger charge is 2.37. The zero-order valence-corrected chi connectivity index (χ0v) is 21.6. The molecule has 1 saturated heterocycles. The Hall–Kier alpha value is -2.33. The van der Waals surface area contributed by atoms with Crippen molar-refractivity contribution in [1.82, 2.24) is 0 Å². The van der Waals surface area contributed by atoms with Gasteiger partial charge in [0.1, 0.15) is 12.6 Å². The number of likely N-dealkylation sites (tertiary alicyclic amines) is 1. The summed E-state index contributed by atoms with van der Waals surface area (Å²) in [6, 6.07) is 15.2. The molecule has 2 aromatic carbocycles. The molecule has 2 N–H and O–H groups in total. The van der Waals surface area contributed by atoms with Gasteiger partial charge in [0.05, 0.1) is 13.1 Å². The molecule has 1 unspecified atom stereocenters. The number of hydrogen-bond acceptors (Lipinski definition) is 3. The average molecular weight is 453 g/mol.